The highest BCUT2D eigenvalue weighted by atomic mass is 16.4. The lowest BCUT2D eigenvalue weighted by atomic mass is 10.2. The van der Waals surface area contributed by atoms with Gasteiger partial charge in [0, 0.05) is 19.8 Å². The molecule has 5 nitrogen and oxygen atoms in total. The molecule has 0 atom stereocenters. The Kier molecular flexibility index (Phi) is 5.95. The van der Waals surface area contributed by atoms with E-state index < -0.39 is 17.5 Å². The molecule has 0 saturated carbocycles. The zero-order valence-corrected chi connectivity index (χ0v) is 11.9. The smallest absolute Gasteiger partial charge is 0.343 e. The number of hydrogen-bond donors (Lipinski definition) is 2. The monoisotopic (exact) mass is 287 g/mol. The summed E-state index contributed by atoms with van der Waals surface area (Å²) in [5.74, 6) is -2.93. The van der Waals surface area contributed by atoms with Crippen LogP contribution in [0.3, 0.4) is 0 Å². The lowest BCUT2D eigenvalue weighted by Gasteiger charge is -2.11. The number of carboxylic acids is 2. The zero-order valence-electron chi connectivity index (χ0n) is 11.9. The van der Waals surface area contributed by atoms with Crippen LogP contribution in [0.2, 0.25) is 0 Å². The third kappa shape index (κ3) is 5.36. The van der Waals surface area contributed by atoms with E-state index in [4.69, 9.17) is 10.2 Å². The topological polar surface area (TPSA) is 77.8 Å². The van der Waals surface area contributed by atoms with Gasteiger partial charge < -0.3 is 15.1 Å². The molecule has 0 radical (unpaired) electrons. The summed E-state index contributed by atoms with van der Waals surface area (Å²) in [6.07, 6.45) is 7.55. The number of anilines is 1. The molecule has 0 spiro atoms. The maximum atomic E-state index is 10.6. The summed E-state index contributed by atoms with van der Waals surface area (Å²) in [6.45, 7) is 0. The van der Waals surface area contributed by atoms with Crippen molar-refractivity contribution in [2.45, 2.75) is 0 Å². The largest absolute Gasteiger partial charge is 0.477 e. The number of carboxylic acid groups (broad SMARTS) is 2. The maximum Gasteiger partial charge on any atom is 0.343 e. The molecule has 0 bridgehead atoms. The summed E-state index contributed by atoms with van der Waals surface area (Å²) in [7, 11) is 3.92. The highest BCUT2D eigenvalue weighted by Crippen LogP contribution is 2.13. The van der Waals surface area contributed by atoms with E-state index in [-0.39, 0.29) is 0 Å². The van der Waals surface area contributed by atoms with E-state index in [1.165, 1.54) is 6.08 Å². The second-order valence-corrected chi connectivity index (χ2v) is 4.42. The van der Waals surface area contributed by atoms with Gasteiger partial charge in [-0.25, -0.2) is 9.59 Å². The van der Waals surface area contributed by atoms with Crippen LogP contribution in [-0.2, 0) is 9.59 Å². The van der Waals surface area contributed by atoms with E-state index >= 15 is 0 Å². The Morgan fingerprint density at radius 1 is 0.952 bits per heavy atom. The highest BCUT2D eigenvalue weighted by Gasteiger charge is 2.13. The Balaban J connectivity index is 2.69. The van der Waals surface area contributed by atoms with Crippen molar-refractivity contribution < 1.29 is 19.8 Å². The number of allylic oxidation sites excluding steroid dienone is 4. The molecule has 0 aliphatic carbocycles. The fourth-order valence-electron chi connectivity index (χ4n) is 1.50. The third-order valence-electron chi connectivity index (χ3n) is 2.64. The van der Waals surface area contributed by atoms with E-state index in [1.807, 2.05) is 49.3 Å². The predicted octanol–water partition coefficient (Wildman–Crippen LogP) is 2.42. The minimum Gasteiger partial charge on any atom is -0.477 e. The van der Waals surface area contributed by atoms with E-state index in [1.54, 1.807) is 12.2 Å². The Morgan fingerprint density at radius 2 is 1.52 bits per heavy atom. The predicted molar refractivity (Wildman–Crippen MR) is 82.3 cm³/mol. The van der Waals surface area contributed by atoms with Gasteiger partial charge in [-0.3, -0.25) is 0 Å². The van der Waals surface area contributed by atoms with Crippen molar-refractivity contribution in [2.24, 2.45) is 0 Å². The van der Waals surface area contributed by atoms with Gasteiger partial charge in [-0.15, -0.1) is 0 Å². The van der Waals surface area contributed by atoms with Crippen molar-refractivity contribution >= 4 is 23.7 Å². The molecule has 21 heavy (non-hydrogen) atoms. The van der Waals surface area contributed by atoms with Gasteiger partial charge >= 0.3 is 11.9 Å². The van der Waals surface area contributed by atoms with E-state index in [0.717, 1.165) is 17.3 Å². The summed E-state index contributed by atoms with van der Waals surface area (Å²) >= 11 is 0. The molecule has 0 aliphatic rings. The molecule has 0 saturated heterocycles. The third-order valence-corrected chi connectivity index (χ3v) is 2.64. The number of carbonyl (C=O) groups is 2. The molecule has 0 aliphatic heterocycles. The summed E-state index contributed by atoms with van der Waals surface area (Å²) in [5, 5.41) is 17.3. The highest BCUT2D eigenvalue weighted by molar-refractivity contribution is 6.12. The van der Waals surface area contributed by atoms with E-state index in [9.17, 15) is 9.59 Å². The molecule has 0 fully saturated rings. The number of nitrogens with zero attached hydrogens (tertiary/aromatic N) is 1. The summed E-state index contributed by atoms with van der Waals surface area (Å²) in [6, 6.07) is 7.87. The van der Waals surface area contributed by atoms with Gasteiger partial charge in [0.05, 0.1) is 0 Å². The van der Waals surface area contributed by atoms with Gasteiger partial charge in [0.2, 0.25) is 0 Å². The molecule has 110 valence electrons. The van der Waals surface area contributed by atoms with Gasteiger partial charge in [-0.05, 0) is 23.8 Å². The molecule has 0 heterocycles. The van der Waals surface area contributed by atoms with E-state index in [2.05, 4.69) is 0 Å². The lowest BCUT2D eigenvalue weighted by Crippen LogP contribution is -2.10. The molecule has 1 aromatic carbocycles. The summed E-state index contributed by atoms with van der Waals surface area (Å²) in [4.78, 5) is 23.2. The minimum atomic E-state index is -1.46. The first-order valence-electron chi connectivity index (χ1n) is 6.21. The molecular weight excluding hydrogens is 270 g/mol. The van der Waals surface area contributed by atoms with Crippen molar-refractivity contribution in [1.82, 2.24) is 0 Å². The SMILES string of the molecule is CN(C)c1ccc(/C=C/C=C/C=C(C(=O)O)C(=O)O)cc1. The van der Waals surface area contributed by atoms with Crippen LogP contribution in [0.5, 0.6) is 0 Å². The van der Waals surface area contributed by atoms with Crippen LogP contribution in [-0.4, -0.2) is 36.2 Å². The van der Waals surface area contributed by atoms with Gasteiger partial charge in [0.25, 0.3) is 0 Å². The first-order chi connectivity index (χ1) is 9.91. The molecule has 0 amide bonds. The van der Waals surface area contributed by atoms with Crippen molar-refractivity contribution in [3.8, 4) is 0 Å². The molecule has 1 rings (SSSR count). The second-order valence-electron chi connectivity index (χ2n) is 4.42. The van der Waals surface area contributed by atoms with Gasteiger partial charge in [-0.1, -0.05) is 36.4 Å². The number of benzene rings is 1. The number of hydrogen-bond acceptors (Lipinski definition) is 3. The second kappa shape index (κ2) is 7.69. The average Bonchev–Trinajstić information content (AvgIpc) is 2.42. The Morgan fingerprint density at radius 3 is 2.00 bits per heavy atom. The fraction of sp³-hybridized carbons (Fsp3) is 0.125. The molecule has 2 N–H and O–H groups in total. The van der Waals surface area contributed by atoms with Crippen LogP contribution in [0.4, 0.5) is 5.69 Å². The van der Waals surface area contributed by atoms with Crippen LogP contribution in [0.1, 0.15) is 5.56 Å². The molecule has 0 aromatic heterocycles. The van der Waals surface area contributed by atoms with Crippen LogP contribution >= 0.6 is 0 Å². The van der Waals surface area contributed by atoms with E-state index in [0.29, 0.717) is 0 Å². The molecular formula is C16H17NO4. The number of aliphatic carboxylic acids is 2. The lowest BCUT2D eigenvalue weighted by molar-refractivity contribution is -0.140. The van der Waals surface area contributed by atoms with Gasteiger partial charge in [0.15, 0.2) is 0 Å². The van der Waals surface area contributed by atoms with Crippen LogP contribution < -0.4 is 4.90 Å². The molecule has 5 heteroatoms. The maximum absolute atomic E-state index is 10.6. The summed E-state index contributed by atoms with van der Waals surface area (Å²) < 4.78 is 0. The van der Waals surface area contributed by atoms with Crippen LogP contribution in [0.15, 0.2) is 54.1 Å². The van der Waals surface area contributed by atoms with Gasteiger partial charge in [0.1, 0.15) is 5.57 Å². The average molecular weight is 287 g/mol. The van der Waals surface area contributed by atoms with Crippen molar-refractivity contribution in [3.05, 3.63) is 59.7 Å². The normalized spacial score (nSPS) is 10.8. The van der Waals surface area contributed by atoms with Crippen molar-refractivity contribution in [1.29, 1.82) is 0 Å². The number of rotatable bonds is 6. The Bertz CT molecular complexity index is 579. The quantitative estimate of drug-likeness (QED) is 0.363. The zero-order chi connectivity index (χ0) is 15.8. The first-order valence-corrected chi connectivity index (χ1v) is 6.21. The van der Waals surface area contributed by atoms with Gasteiger partial charge in [-0.2, -0.15) is 0 Å². The molecule has 0 unspecified atom stereocenters. The molecule has 1 aromatic rings. The Labute approximate surface area is 123 Å². The standard InChI is InChI=1S/C16H17NO4/c1-17(2)13-10-8-12(9-11-13)6-4-3-5-7-14(15(18)19)16(20)21/h3-11H,1-2H3,(H,18,19)(H,20,21)/b5-3+,6-4+. The van der Waals surface area contributed by atoms with Crippen molar-refractivity contribution in [2.75, 3.05) is 19.0 Å². The fourth-order valence-corrected chi connectivity index (χ4v) is 1.50. The van der Waals surface area contributed by atoms with Crippen molar-refractivity contribution in [3.63, 3.8) is 0 Å². The minimum absolute atomic E-state index is 0.671. The Hall–Kier alpha value is -2.82. The van der Waals surface area contributed by atoms with Crippen LogP contribution in [0, 0.1) is 0 Å². The summed E-state index contributed by atoms with van der Waals surface area (Å²) in [5.41, 5.74) is 1.42. The first kappa shape index (κ1) is 16.2. The van der Waals surface area contributed by atoms with Crippen LogP contribution in [0.25, 0.3) is 6.08 Å².